The molecule has 0 saturated heterocycles. The highest BCUT2D eigenvalue weighted by Gasteiger charge is 2.33. The molecular formula is C13H13ClF3NO2. The van der Waals surface area contributed by atoms with E-state index >= 15 is 0 Å². The monoisotopic (exact) mass is 307 g/mol. The van der Waals surface area contributed by atoms with E-state index in [1.54, 1.807) is 6.92 Å². The van der Waals surface area contributed by atoms with Crippen LogP contribution in [-0.2, 0) is 15.7 Å². The molecule has 110 valence electrons. The molecule has 0 fully saturated rings. The quantitative estimate of drug-likeness (QED) is 0.668. The van der Waals surface area contributed by atoms with Crippen molar-refractivity contribution < 1.29 is 22.7 Å². The maximum atomic E-state index is 12.7. The average Bonchev–Trinajstić information content (AvgIpc) is 2.36. The van der Waals surface area contributed by atoms with Gasteiger partial charge in [0.2, 0.25) is 0 Å². The molecule has 0 aromatic heterocycles. The predicted molar refractivity (Wildman–Crippen MR) is 70.5 cm³/mol. The molecule has 0 aliphatic heterocycles. The summed E-state index contributed by atoms with van der Waals surface area (Å²) in [6.45, 7) is 3.38. The van der Waals surface area contributed by atoms with Crippen molar-refractivity contribution in [3.8, 4) is 0 Å². The Morgan fingerprint density at radius 3 is 2.65 bits per heavy atom. The molecule has 0 bridgehead atoms. The summed E-state index contributed by atoms with van der Waals surface area (Å²) in [7, 11) is 0. The van der Waals surface area contributed by atoms with Crippen molar-refractivity contribution in [2.24, 2.45) is 0 Å². The number of rotatable bonds is 4. The normalized spacial score (nSPS) is 12.2. The van der Waals surface area contributed by atoms with E-state index < -0.39 is 17.7 Å². The third kappa shape index (κ3) is 4.45. The molecule has 0 radical (unpaired) electrons. The Morgan fingerprint density at radius 2 is 2.10 bits per heavy atom. The predicted octanol–water partition coefficient (Wildman–Crippen LogP) is 4.24. The molecule has 7 heteroatoms. The van der Waals surface area contributed by atoms with E-state index in [2.05, 4.69) is 5.32 Å². The van der Waals surface area contributed by atoms with Crippen LogP contribution in [0.25, 0.3) is 0 Å². The molecule has 20 heavy (non-hydrogen) atoms. The van der Waals surface area contributed by atoms with Gasteiger partial charge in [-0.05, 0) is 32.0 Å². The van der Waals surface area contributed by atoms with E-state index in [1.165, 1.54) is 19.2 Å². The zero-order valence-corrected chi connectivity index (χ0v) is 11.6. The van der Waals surface area contributed by atoms with Crippen LogP contribution in [0.15, 0.2) is 30.0 Å². The molecule has 0 aliphatic carbocycles. The van der Waals surface area contributed by atoms with Crippen molar-refractivity contribution in [3.05, 3.63) is 40.6 Å². The Hall–Kier alpha value is -1.69. The van der Waals surface area contributed by atoms with Crippen LogP contribution in [0.5, 0.6) is 0 Å². The van der Waals surface area contributed by atoms with Gasteiger partial charge in [-0.25, -0.2) is 4.79 Å². The van der Waals surface area contributed by atoms with E-state index in [0.717, 1.165) is 12.1 Å². The van der Waals surface area contributed by atoms with Gasteiger partial charge in [-0.2, -0.15) is 13.2 Å². The Balaban J connectivity index is 2.90. The zero-order chi connectivity index (χ0) is 15.3. The van der Waals surface area contributed by atoms with E-state index in [9.17, 15) is 18.0 Å². The lowest BCUT2D eigenvalue weighted by Gasteiger charge is -2.11. The average molecular weight is 308 g/mol. The zero-order valence-electron chi connectivity index (χ0n) is 10.8. The summed E-state index contributed by atoms with van der Waals surface area (Å²) < 4.78 is 42.7. The SMILES string of the molecule is CCOC(=O)C(C)=CNc1ccc(Cl)c(C(F)(F)F)c1. The molecule has 3 nitrogen and oxygen atoms in total. The van der Waals surface area contributed by atoms with Gasteiger partial charge in [-0.1, -0.05) is 11.6 Å². The third-order valence-corrected chi connectivity index (χ3v) is 2.65. The minimum absolute atomic E-state index is 0.172. The second-order valence-electron chi connectivity index (χ2n) is 3.88. The summed E-state index contributed by atoms with van der Waals surface area (Å²) >= 11 is 5.50. The van der Waals surface area contributed by atoms with Gasteiger partial charge in [-0.3, -0.25) is 0 Å². The topological polar surface area (TPSA) is 38.3 Å². The van der Waals surface area contributed by atoms with Crippen LogP contribution in [0.3, 0.4) is 0 Å². The number of ether oxygens (including phenoxy) is 1. The van der Waals surface area contributed by atoms with Crippen LogP contribution in [-0.4, -0.2) is 12.6 Å². The fraction of sp³-hybridized carbons (Fsp3) is 0.308. The van der Waals surface area contributed by atoms with Gasteiger partial charge in [0.1, 0.15) is 0 Å². The smallest absolute Gasteiger partial charge is 0.417 e. The van der Waals surface area contributed by atoms with Crippen LogP contribution in [0.4, 0.5) is 18.9 Å². The summed E-state index contributed by atoms with van der Waals surface area (Å²) in [6, 6.07) is 3.39. The first kappa shape index (κ1) is 16.4. The number of halogens is 4. The van der Waals surface area contributed by atoms with Crippen molar-refractivity contribution in [3.63, 3.8) is 0 Å². The Kier molecular flexibility index (Phi) is 5.44. The molecular weight excluding hydrogens is 295 g/mol. The van der Waals surface area contributed by atoms with E-state index in [-0.39, 0.29) is 22.9 Å². The fourth-order valence-corrected chi connectivity index (χ4v) is 1.55. The number of benzene rings is 1. The summed E-state index contributed by atoms with van der Waals surface area (Å²) in [5.41, 5.74) is -0.521. The lowest BCUT2D eigenvalue weighted by molar-refractivity contribution is -0.139. The van der Waals surface area contributed by atoms with Gasteiger partial charge in [-0.15, -0.1) is 0 Å². The third-order valence-electron chi connectivity index (χ3n) is 2.32. The second kappa shape index (κ2) is 6.65. The van der Waals surface area contributed by atoms with Crippen LogP contribution < -0.4 is 5.32 Å². The lowest BCUT2D eigenvalue weighted by Crippen LogP contribution is -2.08. The van der Waals surface area contributed by atoms with Crippen molar-refractivity contribution in [1.29, 1.82) is 0 Å². The van der Waals surface area contributed by atoms with Crippen LogP contribution in [0, 0.1) is 0 Å². The fourth-order valence-electron chi connectivity index (χ4n) is 1.33. The molecule has 0 unspecified atom stereocenters. The highest BCUT2D eigenvalue weighted by molar-refractivity contribution is 6.31. The number of carbonyl (C=O) groups is 1. The molecule has 1 aromatic rings. The first-order chi connectivity index (χ1) is 9.25. The van der Waals surface area contributed by atoms with E-state index in [1.807, 2.05) is 0 Å². The number of anilines is 1. The maximum Gasteiger partial charge on any atom is 0.417 e. The summed E-state index contributed by atoms with van der Waals surface area (Å²) in [5, 5.41) is 2.22. The molecule has 0 heterocycles. The molecule has 0 saturated carbocycles. The number of esters is 1. The number of hydrogen-bond donors (Lipinski definition) is 1. The number of nitrogens with one attached hydrogen (secondary N) is 1. The van der Waals surface area contributed by atoms with Crippen molar-refractivity contribution in [1.82, 2.24) is 0 Å². The summed E-state index contributed by atoms with van der Waals surface area (Å²) in [4.78, 5) is 11.3. The standard InChI is InChI=1S/C13H13ClF3NO2/c1-3-20-12(19)8(2)7-18-9-4-5-11(14)10(6-9)13(15,16)17/h4-7,18H,3H2,1-2H3. The highest BCUT2D eigenvalue weighted by Crippen LogP contribution is 2.36. The van der Waals surface area contributed by atoms with Crippen LogP contribution in [0.1, 0.15) is 19.4 Å². The minimum atomic E-state index is -4.53. The highest BCUT2D eigenvalue weighted by atomic mass is 35.5. The minimum Gasteiger partial charge on any atom is -0.463 e. The van der Waals surface area contributed by atoms with E-state index in [0.29, 0.717) is 0 Å². The van der Waals surface area contributed by atoms with Gasteiger partial charge < -0.3 is 10.1 Å². The summed E-state index contributed by atoms with van der Waals surface area (Å²) in [5.74, 6) is -0.537. The van der Waals surface area contributed by atoms with Crippen LogP contribution in [0.2, 0.25) is 5.02 Å². The molecule has 1 N–H and O–H groups in total. The van der Waals surface area contributed by atoms with Gasteiger partial charge >= 0.3 is 12.1 Å². The van der Waals surface area contributed by atoms with Gasteiger partial charge in [0.25, 0.3) is 0 Å². The van der Waals surface area contributed by atoms with Gasteiger partial charge in [0, 0.05) is 11.9 Å². The van der Waals surface area contributed by atoms with Gasteiger partial charge in [0.05, 0.1) is 22.8 Å². The van der Waals surface area contributed by atoms with Crippen LogP contribution >= 0.6 is 11.6 Å². The first-order valence-electron chi connectivity index (χ1n) is 5.73. The number of carbonyl (C=O) groups excluding carboxylic acids is 1. The maximum absolute atomic E-state index is 12.7. The Bertz CT molecular complexity index is 527. The Morgan fingerprint density at radius 1 is 1.45 bits per heavy atom. The molecule has 0 amide bonds. The van der Waals surface area contributed by atoms with Crippen molar-refractivity contribution in [2.45, 2.75) is 20.0 Å². The molecule has 1 rings (SSSR count). The second-order valence-corrected chi connectivity index (χ2v) is 4.29. The number of alkyl halides is 3. The van der Waals surface area contributed by atoms with Gasteiger partial charge in [0.15, 0.2) is 0 Å². The molecule has 0 aliphatic rings. The first-order valence-corrected chi connectivity index (χ1v) is 6.10. The van der Waals surface area contributed by atoms with Crippen molar-refractivity contribution in [2.75, 3.05) is 11.9 Å². The molecule has 1 aromatic carbocycles. The van der Waals surface area contributed by atoms with E-state index in [4.69, 9.17) is 16.3 Å². The summed E-state index contributed by atoms with van der Waals surface area (Å²) in [6.07, 6.45) is -3.25. The number of hydrogen-bond acceptors (Lipinski definition) is 3. The Labute approximate surface area is 119 Å². The largest absolute Gasteiger partial charge is 0.463 e. The molecule has 0 spiro atoms. The molecule has 0 atom stereocenters. The lowest BCUT2D eigenvalue weighted by atomic mass is 10.2. The van der Waals surface area contributed by atoms with Crippen molar-refractivity contribution >= 4 is 23.3 Å².